The predicted molar refractivity (Wildman–Crippen MR) is 117 cm³/mol. The number of thioether (sulfide) groups is 1. The van der Waals surface area contributed by atoms with Gasteiger partial charge in [-0.1, -0.05) is 18.2 Å². The summed E-state index contributed by atoms with van der Waals surface area (Å²) in [6, 6.07) is 11.2. The van der Waals surface area contributed by atoms with E-state index in [0.29, 0.717) is 35.1 Å². The van der Waals surface area contributed by atoms with Crippen LogP contribution in [0.1, 0.15) is 5.56 Å². The molecule has 164 valence electrons. The molecule has 0 spiro atoms. The lowest BCUT2D eigenvalue weighted by Crippen LogP contribution is -2.41. The van der Waals surface area contributed by atoms with E-state index in [1.54, 1.807) is 30.3 Å². The van der Waals surface area contributed by atoms with Gasteiger partial charge in [-0.3, -0.25) is 9.10 Å². The van der Waals surface area contributed by atoms with Gasteiger partial charge in [-0.05, 0) is 23.8 Å². The quantitative estimate of drug-likeness (QED) is 0.524. The van der Waals surface area contributed by atoms with Crippen molar-refractivity contribution < 1.29 is 27.1 Å². The zero-order valence-corrected chi connectivity index (χ0v) is 18.7. The molecule has 2 rings (SSSR count). The van der Waals surface area contributed by atoms with Crippen molar-refractivity contribution in [3.8, 4) is 11.5 Å². The third kappa shape index (κ3) is 6.81. The molecule has 0 saturated heterocycles. The Morgan fingerprint density at radius 3 is 2.53 bits per heavy atom. The summed E-state index contributed by atoms with van der Waals surface area (Å²) in [6.45, 7) is -0.0782. The van der Waals surface area contributed by atoms with Crippen molar-refractivity contribution in [2.75, 3.05) is 43.6 Å². The van der Waals surface area contributed by atoms with E-state index in [1.807, 2.05) is 0 Å². The number of nitrogens with one attached hydrogen (secondary N) is 1. The molecule has 2 aromatic rings. The predicted octanol–water partition coefficient (Wildman–Crippen LogP) is 2.66. The lowest BCUT2D eigenvalue weighted by molar-refractivity contribution is -0.119. The van der Waals surface area contributed by atoms with Crippen LogP contribution in [0.3, 0.4) is 0 Å². The summed E-state index contributed by atoms with van der Waals surface area (Å²) in [6.07, 6.45) is 1.02. The maximum absolute atomic E-state index is 13.6. The summed E-state index contributed by atoms with van der Waals surface area (Å²) in [7, 11) is -0.881. The number of halogens is 1. The Balaban J connectivity index is 1.96. The number of carbonyl (C=O) groups excluding carboxylic acids is 1. The standard InChI is InChI=1S/C20H25FN2O5S2/c1-27-16-8-9-19(28-2)18(12-16)23(30(3,25)26)13-20(24)22-10-11-29-14-15-6-4-5-7-17(15)21/h4-9,12H,10-11,13-14H2,1-3H3,(H,22,24). The summed E-state index contributed by atoms with van der Waals surface area (Å²) < 4.78 is 49.6. The average molecular weight is 457 g/mol. The molecule has 7 nitrogen and oxygen atoms in total. The van der Waals surface area contributed by atoms with E-state index < -0.39 is 22.5 Å². The number of hydrogen-bond donors (Lipinski definition) is 1. The van der Waals surface area contributed by atoms with Crippen molar-refractivity contribution in [2.24, 2.45) is 0 Å². The van der Waals surface area contributed by atoms with Crippen LogP contribution in [0, 0.1) is 5.82 Å². The minimum Gasteiger partial charge on any atom is -0.497 e. The lowest BCUT2D eigenvalue weighted by Gasteiger charge is -2.24. The molecule has 0 aliphatic heterocycles. The highest BCUT2D eigenvalue weighted by Gasteiger charge is 2.24. The van der Waals surface area contributed by atoms with Gasteiger partial charge in [0.1, 0.15) is 23.9 Å². The van der Waals surface area contributed by atoms with Gasteiger partial charge in [0.05, 0.1) is 26.2 Å². The van der Waals surface area contributed by atoms with Crippen LogP contribution in [0.5, 0.6) is 11.5 Å². The van der Waals surface area contributed by atoms with Crippen LogP contribution in [0.2, 0.25) is 0 Å². The molecular formula is C20H25FN2O5S2. The van der Waals surface area contributed by atoms with Gasteiger partial charge < -0.3 is 14.8 Å². The van der Waals surface area contributed by atoms with Crippen molar-refractivity contribution in [2.45, 2.75) is 5.75 Å². The van der Waals surface area contributed by atoms with Gasteiger partial charge in [-0.25, -0.2) is 12.8 Å². The first-order chi connectivity index (χ1) is 14.3. The Morgan fingerprint density at radius 2 is 1.90 bits per heavy atom. The highest BCUT2D eigenvalue weighted by Crippen LogP contribution is 2.33. The summed E-state index contributed by atoms with van der Waals surface area (Å²) >= 11 is 1.47. The van der Waals surface area contributed by atoms with Gasteiger partial charge in [-0.2, -0.15) is 11.8 Å². The second-order valence-corrected chi connectivity index (χ2v) is 9.31. The van der Waals surface area contributed by atoms with Gasteiger partial charge >= 0.3 is 0 Å². The highest BCUT2D eigenvalue weighted by atomic mass is 32.2. The first-order valence-electron chi connectivity index (χ1n) is 9.04. The van der Waals surface area contributed by atoms with E-state index in [1.165, 1.54) is 38.1 Å². The van der Waals surface area contributed by atoms with Gasteiger partial charge in [0.15, 0.2) is 0 Å². The maximum Gasteiger partial charge on any atom is 0.240 e. The fourth-order valence-corrected chi connectivity index (χ4v) is 4.32. The van der Waals surface area contributed by atoms with Crippen molar-refractivity contribution in [3.63, 3.8) is 0 Å². The van der Waals surface area contributed by atoms with Crippen LogP contribution < -0.4 is 19.1 Å². The van der Waals surface area contributed by atoms with Crippen LogP contribution in [-0.4, -0.2) is 53.6 Å². The number of amides is 1. The van der Waals surface area contributed by atoms with Crippen molar-refractivity contribution in [3.05, 3.63) is 53.8 Å². The van der Waals surface area contributed by atoms with E-state index in [2.05, 4.69) is 5.32 Å². The summed E-state index contributed by atoms with van der Waals surface area (Å²) in [5.41, 5.74) is 0.811. The SMILES string of the molecule is COc1ccc(OC)c(N(CC(=O)NCCSCc2ccccc2F)S(C)(=O)=O)c1. The molecule has 0 aromatic heterocycles. The molecule has 0 bridgehead atoms. The monoisotopic (exact) mass is 456 g/mol. The van der Waals surface area contributed by atoms with Crippen LogP contribution in [0.15, 0.2) is 42.5 Å². The van der Waals surface area contributed by atoms with Crippen LogP contribution in [-0.2, 0) is 20.6 Å². The van der Waals surface area contributed by atoms with E-state index in [-0.39, 0.29) is 11.5 Å². The normalized spacial score (nSPS) is 11.1. The zero-order chi connectivity index (χ0) is 22.1. The molecule has 0 radical (unpaired) electrons. The van der Waals surface area contributed by atoms with Gasteiger partial charge in [0, 0.05) is 24.1 Å². The molecule has 0 aliphatic carbocycles. The average Bonchev–Trinajstić information content (AvgIpc) is 2.71. The molecule has 10 heteroatoms. The first-order valence-corrected chi connectivity index (χ1v) is 12.0. The second-order valence-electron chi connectivity index (χ2n) is 6.30. The largest absolute Gasteiger partial charge is 0.497 e. The Bertz CT molecular complexity index is 969. The fourth-order valence-electron chi connectivity index (χ4n) is 2.62. The molecule has 2 aromatic carbocycles. The van der Waals surface area contributed by atoms with E-state index >= 15 is 0 Å². The minimum absolute atomic E-state index is 0.212. The van der Waals surface area contributed by atoms with Crippen molar-refractivity contribution >= 4 is 33.4 Å². The number of anilines is 1. The molecule has 30 heavy (non-hydrogen) atoms. The van der Waals surface area contributed by atoms with E-state index in [0.717, 1.165) is 10.6 Å². The highest BCUT2D eigenvalue weighted by molar-refractivity contribution is 7.98. The molecule has 0 unspecified atom stereocenters. The number of sulfonamides is 1. The number of hydrogen-bond acceptors (Lipinski definition) is 6. The second kappa shape index (κ2) is 11.1. The number of carbonyl (C=O) groups is 1. The number of rotatable bonds is 11. The van der Waals surface area contributed by atoms with Crippen molar-refractivity contribution in [1.29, 1.82) is 0 Å². The number of nitrogens with zero attached hydrogens (tertiary/aromatic N) is 1. The van der Waals surface area contributed by atoms with Gasteiger partial charge in [0.2, 0.25) is 15.9 Å². The Kier molecular flexibility index (Phi) is 8.79. The molecule has 0 atom stereocenters. The zero-order valence-electron chi connectivity index (χ0n) is 17.1. The molecule has 0 fully saturated rings. The molecular weight excluding hydrogens is 431 g/mol. The van der Waals surface area contributed by atoms with E-state index in [4.69, 9.17) is 9.47 Å². The lowest BCUT2D eigenvalue weighted by atomic mass is 10.2. The van der Waals surface area contributed by atoms with Gasteiger partial charge in [0.25, 0.3) is 0 Å². The number of benzene rings is 2. The van der Waals surface area contributed by atoms with E-state index in [9.17, 15) is 17.6 Å². The molecule has 0 aliphatic rings. The molecule has 0 heterocycles. The summed E-state index contributed by atoms with van der Waals surface area (Å²) in [5, 5.41) is 2.69. The summed E-state index contributed by atoms with van der Waals surface area (Å²) in [5.74, 6) is 1.06. The third-order valence-electron chi connectivity index (χ3n) is 4.13. The Morgan fingerprint density at radius 1 is 1.17 bits per heavy atom. The van der Waals surface area contributed by atoms with Crippen LogP contribution in [0.4, 0.5) is 10.1 Å². The molecule has 1 amide bonds. The first kappa shape index (κ1) is 23.8. The molecule has 0 saturated carbocycles. The summed E-state index contributed by atoms with van der Waals surface area (Å²) in [4.78, 5) is 12.4. The minimum atomic E-state index is -3.76. The van der Waals surface area contributed by atoms with Crippen molar-refractivity contribution in [1.82, 2.24) is 5.32 Å². The Labute approximate surface area is 180 Å². The van der Waals surface area contributed by atoms with Crippen LogP contribution in [0.25, 0.3) is 0 Å². The smallest absolute Gasteiger partial charge is 0.240 e. The topological polar surface area (TPSA) is 84.9 Å². The third-order valence-corrected chi connectivity index (χ3v) is 6.26. The van der Waals surface area contributed by atoms with Gasteiger partial charge in [-0.15, -0.1) is 0 Å². The number of methoxy groups -OCH3 is 2. The fraction of sp³-hybridized carbons (Fsp3) is 0.350. The molecule has 1 N–H and O–H groups in total. The maximum atomic E-state index is 13.6. The Hall–Kier alpha value is -2.46. The number of ether oxygens (including phenoxy) is 2. The van der Waals surface area contributed by atoms with Crippen LogP contribution >= 0.6 is 11.8 Å².